The lowest BCUT2D eigenvalue weighted by molar-refractivity contribution is 0.460. The zero-order valence-electron chi connectivity index (χ0n) is 9.05. The molecule has 1 aliphatic rings. The van der Waals surface area contributed by atoms with Gasteiger partial charge in [-0.3, -0.25) is 0 Å². The van der Waals surface area contributed by atoms with Gasteiger partial charge in [0.05, 0.1) is 0 Å². The van der Waals surface area contributed by atoms with Gasteiger partial charge in [0.25, 0.3) is 0 Å². The highest BCUT2D eigenvalue weighted by molar-refractivity contribution is 4.92. The van der Waals surface area contributed by atoms with Crippen molar-refractivity contribution in [3.63, 3.8) is 0 Å². The summed E-state index contributed by atoms with van der Waals surface area (Å²) < 4.78 is 0. The van der Waals surface area contributed by atoms with Gasteiger partial charge >= 0.3 is 0 Å². The second kappa shape index (κ2) is 5.61. The molecular formula is C11H24N2. The van der Waals surface area contributed by atoms with Crippen molar-refractivity contribution in [1.29, 1.82) is 0 Å². The molecule has 0 aromatic rings. The molecule has 2 nitrogen and oxygen atoms in total. The number of rotatable bonds is 7. The van der Waals surface area contributed by atoms with E-state index in [4.69, 9.17) is 5.73 Å². The van der Waals surface area contributed by atoms with Crippen molar-refractivity contribution in [2.75, 3.05) is 13.1 Å². The van der Waals surface area contributed by atoms with Gasteiger partial charge in [0.1, 0.15) is 0 Å². The average Bonchev–Trinajstić information content (AvgIpc) is 2.90. The first-order valence-corrected chi connectivity index (χ1v) is 5.71. The van der Waals surface area contributed by atoms with Gasteiger partial charge in [0.15, 0.2) is 0 Å². The second-order valence-electron chi connectivity index (χ2n) is 4.45. The summed E-state index contributed by atoms with van der Waals surface area (Å²) in [4.78, 5) is 0. The predicted octanol–water partition coefficient (Wildman–Crippen LogP) is 1.75. The van der Waals surface area contributed by atoms with Gasteiger partial charge in [0.2, 0.25) is 0 Å². The summed E-state index contributed by atoms with van der Waals surface area (Å²) in [5, 5.41) is 3.63. The summed E-state index contributed by atoms with van der Waals surface area (Å²) in [6, 6.07) is 0.838. The maximum atomic E-state index is 5.47. The zero-order valence-corrected chi connectivity index (χ0v) is 9.05. The standard InChI is InChI=1S/C11H24N2/c1-3-10-7-11(10)13-8-9(2)5-4-6-12/h9-11,13H,3-8,12H2,1-2H3. The number of nitrogens with two attached hydrogens (primary N) is 1. The minimum atomic E-state index is 0.793. The van der Waals surface area contributed by atoms with E-state index in [9.17, 15) is 0 Å². The topological polar surface area (TPSA) is 38.0 Å². The van der Waals surface area contributed by atoms with E-state index in [1.54, 1.807) is 0 Å². The van der Waals surface area contributed by atoms with Crippen LogP contribution in [0.2, 0.25) is 0 Å². The fourth-order valence-electron chi connectivity index (χ4n) is 1.87. The Kier molecular flexibility index (Phi) is 4.74. The molecule has 0 amide bonds. The van der Waals surface area contributed by atoms with Crippen LogP contribution in [0, 0.1) is 11.8 Å². The molecule has 0 aromatic heterocycles. The third-order valence-corrected chi connectivity index (χ3v) is 3.08. The molecule has 1 aliphatic carbocycles. The van der Waals surface area contributed by atoms with Crippen LogP contribution in [0.4, 0.5) is 0 Å². The monoisotopic (exact) mass is 184 g/mol. The molecule has 2 heteroatoms. The minimum Gasteiger partial charge on any atom is -0.330 e. The van der Waals surface area contributed by atoms with E-state index in [0.717, 1.165) is 24.4 Å². The van der Waals surface area contributed by atoms with Crippen molar-refractivity contribution in [3.05, 3.63) is 0 Å². The molecule has 1 saturated carbocycles. The predicted molar refractivity (Wildman–Crippen MR) is 57.6 cm³/mol. The normalized spacial score (nSPS) is 28.8. The smallest absolute Gasteiger partial charge is 0.00991 e. The summed E-state index contributed by atoms with van der Waals surface area (Å²) in [6.07, 6.45) is 5.19. The number of hydrogen-bond acceptors (Lipinski definition) is 2. The molecule has 0 saturated heterocycles. The fraction of sp³-hybridized carbons (Fsp3) is 1.00. The molecule has 78 valence electrons. The van der Waals surface area contributed by atoms with Crippen LogP contribution in [0.1, 0.15) is 39.5 Å². The highest BCUT2D eigenvalue weighted by Crippen LogP contribution is 2.33. The SMILES string of the molecule is CCC1CC1NCC(C)CCCN. The van der Waals surface area contributed by atoms with Gasteiger partial charge in [-0.2, -0.15) is 0 Å². The van der Waals surface area contributed by atoms with E-state index in [0.29, 0.717) is 0 Å². The molecule has 1 fully saturated rings. The van der Waals surface area contributed by atoms with Crippen LogP contribution in [0.25, 0.3) is 0 Å². The average molecular weight is 184 g/mol. The zero-order chi connectivity index (χ0) is 9.68. The summed E-state index contributed by atoms with van der Waals surface area (Å²) in [7, 11) is 0. The fourth-order valence-corrected chi connectivity index (χ4v) is 1.87. The molecule has 0 bridgehead atoms. The summed E-state index contributed by atoms with van der Waals surface area (Å²) in [5.41, 5.74) is 5.47. The van der Waals surface area contributed by atoms with Crippen LogP contribution in [0.15, 0.2) is 0 Å². The number of hydrogen-bond donors (Lipinski definition) is 2. The third-order valence-electron chi connectivity index (χ3n) is 3.08. The van der Waals surface area contributed by atoms with Crippen molar-refractivity contribution in [3.8, 4) is 0 Å². The number of nitrogens with one attached hydrogen (secondary N) is 1. The highest BCUT2D eigenvalue weighted by atomic mass is 15.0. The lowest BCUT2D eigenvalue weighted by Gasteiger charge is -2.11. The molecule has 3 unspecified atom stereocenters. The van der Waals surface area contributed by atoms with Crippen LogP contribution >= 0.6 is 0 Å². The van der Waals surface area contributed by atoms with Crippen molar-refractivity contribution in [2.24, 2.45) is 17.6 Å². The van der Waals surface area contributed by atoms with E-state index < -0.39 is 0 Å². The molecular weight excluding hydrogens is 160 g/mol. The van der Waals surface area contributed by atoms with E-state index >= 15 is 0 Å². The van der Waals surface area contributed by atoms with E-state index in [2.05, 4.69) is 19.2 Å². The van der Waals surface area contributed by atoms with Crippen LogP contribution < -0.4 is 11.1 Å². The Morgan fingerprint density at radius 3 is 2.85 bits per heavy atom. The quantitative estimate of drug-likeness (QED) is 0.632. The van der Waals surface area contributed by atoms with E-state index in [1.807, 2.05) is 0 Å². The molecule has 0 aromatic carbocycles. The molecule has 0 aliphatic heterocycles. The molecule has 0 heterocycles. The Hall–Kier alpha value is -0.0800. The Labute approximate surface area is 82.3 Å². The minimum absolute atomic E-state index is 0.793. The Bertz CT molecular complexity index is 136. The van der Waals surface area contributed by atoms with Crippen molar-refractivity contribution in [1.82, 2.24) is 5.32 Å². The molecule has 0 spiro atoms. The van der Waals surface area contributed by atoms with Crippen molar-refractivity contribution >= 4 is 0 Å². The Morgan fingerprint density at radius 2 is 2.31 bits per heavy atom. The van der Waals surface area contributed by atoms with Crippen LogP contribution in [-0.2, 0) is 0 Å². The van der Waals surface area contributed by atoms with Gasteiger partial charge in [-0.25, -0.2) is 0 Å². The highest BCUT2D eigenvalue weighted by Gasteiger charge is 2.34. The molecule has 0 radical (unpaired) electrons. The van der Waals surface area contributed by atoms with E-state index in [1.165, 1.54) is 32.2 Å². The van der Waals surface area contributed by atoms with E-state index in [-0.39, 0.29) is 0 Å². The van der Waals surface area contributed by atoms with Gasteiger partial charge in [-0.05, 0) is 44.2 Å². The van der Waals surface area contributed by atoms with Crippen LogP contribution in [0.5, 0.6) is 0 Å². The van der Waals surface area contributed by atoms with Gasteiger partial charge < -0.3 is 11.1 Å². The van der Waals surface area contributed by atoms with Crippen LogP contribution in [-0.4, -0.2) is 19.1 Å². The molecule has 3 atom stereocenters. The van der Waals surface area contributed by atoms with Crippen molar-refractivity contribution in [2.45, 2.75) is 45.6 Å². The molecule has 1 rings (SSSR count). The first kappa shape index (κ1) is 11.0. The van der Waals surface area contributed by atoms with Crippen molar-refractivity contribution < 1.29 is 0 Å². The summed E-state index contributed by atoms with van der Waals surface area (Å²) in [5.74, 6) is 1.77. The molecule has 13 heavy (non-hydrogen) atoms. The first-order chi connectivity index (χ1) is 6.27. The Morgan fingerprint density at radius 1 is 1.54 bits per heavy atom. The third kappa shape index (κ3) is 4.10. The van der Waals surface area contributed by atoms with Gasteiger partial charge in [-0.15, -0.1) is 0 Å². The lowest BCUT2D eigenvalue weighted by atomic mass is 10.1. The van der Waals surface area contributed by atoms with Gasteiger partial charge in [0, 0.05) is 6.04 Å². The largest absolute Gasteiger partial charge is 0.330 e. The summed E-state index contributed by atoms with van der Waals surface area (Å²) >= 11 is 0. The first-order valence-electron chi connectivity index (χ1n) is 5.71. The van der Waals surface area contributed by atoms with Gasteiger partial charge in [-0.1, -0.05) is 20.3 Å². The second-order valence-corrected chi connectivity index (χ2v) is 4.45. The maximum Gasteiger partial charge on any atom is 0.00991 e. The van der Waals surface area contributed by atoms with Crippen LogP contribution in [0.3, 0.4) is 0 Å². The lowest BCUT2D eigenvalue weighted by Crippen LogP contribution is -2.24. The summed E-state index contributed by atoms with van der Waals surface area (Å²) in [6.45, 7) is 6.61. The Balaban J connectivity index is 1.93. The maximum absolute atomic E-state index is 5.47. The molecule has 3 N–H and O–H groups in total.